The molecule has 3 heterocycles. The van der Waals surface area contributed by atoms with Crippen molar-refractivity contribution in [3.05, 3.63) is 23.3 Å². The Bertz CT molecular complexity index is 1850. The Hall–Kier alpha value is -2.09. The standard InChI is InChI=1S/C55H97NO12Si2/c1-20-39-28-34(2)27-35(3)29-45(63-14)49-46(64-15)33-55(12,66-49)50(59)47(58)51(60)56-26-22-21-23-40(56)52(61)65-48(37(5)43(32-41(39)57)68-70(18,19)54(9,10)11)36(4)30-38-24-25-42(44(31-38)62-13)67-69(16,17)53(6,7)8/h28,30,35,37-40,42-49,58H,20-27,29,31-33H2,1-19H3/b34-28+,36-30+/t35-,37-,38?,39+,40-,42+,43?,44+,45?,46-,47-,48?,49+,55-/m0/s1. The summed E-state index contributed by atoms with van der Waals surface area (Å²) in [6.07, 6.45) is 5.03. The molecule has 4 unspecified atom stereocenters. The van der Waals surface area contributed by atoms with Gasteiger partial charge in [0.15, 0.2) is 22.7 Å². The Morgan fingerprint density at radius 1 is 0.829 bits per heavy atom. The number of allylic oxidation sites excluding steroid dienone is 3. The van der Waals surface area contributed by atoms with Crippen molar-refractivity contribution < 1.29 is 56.8 Å². The Kier molecular flexibility index (Phi) is 21.2. The van der Waals surface area contributed by atoms with Crippen LogP contribution in [0.2, 0.25) is 36.3 Å². The summed E-state index contributed by atoms with van der Waals surface area (Å²) < 4.78 is 45.5. The monoisotopic (exact) mass is 1020 g/mol. The third-order valence-electron chi connectivity index (χ3n) is 17.3. The molecule has 15 heteroatoms. The molecule has 2 saturated heterocycles. The molecule has 0 aromatic carbocycles. The van der Waals surface area contributed by atoms with Gasteiger partial charge in [-0.3, -0.25) is 14.4 Å². The lowest BCUT2D eigenvalue weighted by Crippen LogP contribution is -2.57. The molecule has 0 aromatic heterocycles. The van der Waals surface area contributed by atoms with Gasteiger partial charge >= 0.3 is 5.97 Å². The molecular weight excluding hydrogens is 923 g/mol. The number of rotatable bonds is 10. The minimum Gasteiger partial charge on any atom is -0.456 e. The molecule has 0 spiro atoms. The lowest BCUT2D eigenvalue weighted by Gasteiger charge is -2.44. The van der Waals surface area contributed by atoms with Crippen molar-refractivity contribution in [2.75, 3.05) is 27.9 Å². The van der Waals surface area contributed by atoms with Crippen LogP contribution in [0, 0.1) is 23.7 Å². The van der Waals surface area contributed by atoms with E-state index in [1.165, 1.54) is 4.90 Å². The molecule has 1 aliphatic carbocycles. The molecular formula is C55H97NO12Si2. The molecule has 1 amide bonds. The van der Waals surface area contributed by atoms with Crippen LogP contribution in [-0.4, -0.2) is 138 Å². The van der Waals surface area contributed by atoms with Crippen LogP contribution in [0.5, 0.6) is 0 Å². The van der Waals surface area contributed by atoms with Crippen molar-refractivity contribution in [3.8, 4) is 0 Å². The summed E-state index contributed by atoms with van der Waals surface area (Å²) in [6.45, 7) is 34.2. The van der Waals surface area contributed by atoms with Crippen molar-refractivity contribution in [2.24, 2.45) is 23.7 Å². The molecule has 3 fully saturated rings. The summed E-state index contributed by atoms with van der Waals surface area (Å²) in [4.78, 5) is 59.9. The molecule has 1 saturated carbocycles. The van der Waals surface area contributed by atoms with Crippen molar-refractivity contribution >= 4 is 40.1 Å². The fourth-order valence-electron chi connectivity index (χ4n) is 10.8. The first-order valence-electron chi connectivity index (χ1n) is 26.6. The summed E-state index contributed by atoms with van der Waals surface area (Å²) in [6, 6.07) is -1.06. The Labute approximate surface area is 425 Å². The number of esters is 1. The zero-order valence-corrected chi connectivity index (χ0v) is 49.0. The van der Waals surface area contributed by atoms with E-state index in [4.69, 9.17) is 32.5 Å². The second-order valence-corrected chi connectivity index (χ2v) is 34.4. The molecule has 3 aliphatic heterocycles. The van der Waals surface area contributed by atoms with Gasteiger partial charge in [-0.15, -0.1) is 0 Å². The largest absolute Gasteiger partial charge is 0.456 e. The molecule has 14 atom stereocenters. The van der Waals surface area contributed by atoms with Gasteiger partial charge in [-0.05, 0) is 132 Å². The third-order valence-corrected chi connectivity index (χ3v) is 26.3. The van der Waals surface area contributed by atoms with E-state index in [1.54, 1.807) is 28.3 Å². The number of ether oxygens (including phenoxy) is 5. The number of amides is 1. The first-order valence-corrected chi connectivity index (χ1v) is 32.4. The maximum Gasteiger partial charge on any atom is 0.329 e. The van der Waals surface area contributed by atoms with E-state index in [-0.39, 0.29) is 65.2 Å². The average molecular weight is 1020 g/mol. The Morgan fingerprint density at radius 2 is 1.41 bits per heavy atom. The van der Waals surface area contributed by atoms with Gasteiger partial charge in [-0.1, -0.05) is 80.0 Å². The lowest BCUT2D eigenvalue weighted by atomic mass is 9.81. The number of nitrogens with zero attached hydrogens (tertiary/aromatic N) is 1. The first kappa shape index (κ1) is 60.5. The second-order valence-electron chi connectivity index (χ2n) is 24.9. The number of carbonyl (C=O) groups excluding carboxylic acids is 4. The molecule has 0 aromatic rings. The van der Waals surface area contributed by atoms with E-state index < -0.39 is 88.5 Å². The van der Waals surface area contributed by atoms with Crippen LogP contribution in [0.25, 0.3) is 0 Å². The van der Waals surface area contributed by atoms with Crippen molar-refractivity contribution in [3.63, 3.8) is 0 Å². The fraction of sp³-hybridized carbons (Fsp3) is 0.855. The second kappa shape index (κ2) is 24.5. The summed E-state index contributed by atoms with van der Waals surface area (Å²) in [5.41, 5.74) is 0.352. The number of carbonyl (C=O) groups is 4. The summed E-state index contributed by atoms with van der Waals surface area (Å²) in [7, 11) is 0.302. The van der Waals surface area contributed by atoms with Crippen molar-refractivity contribution in [1.82, 2.24) is 4.90 Å². The van der Waals surface area contributed by atoms with E-state index in [9.17, 15) is 24.3 Å². The predicted molar refractivity (Wildman–Crippen MR) is 280 cm³/mol. The van der Waals surface area contributed by atoms with Crippen LogP contribution >= 0.6 is 0 Å². The normalized spacial score (nSPS) is 36.7. The molecule has 13 nitrogen and oxygen atoms in total. The number of hydrogen-bond donors (Lipinski definition) is 1. The number of Topliss-reactive ketones (excluding diaryl/α,β-unsaturated/α-hetero) is 2. The number of methoxy groups -OCH3 is 3. The van der Waals surface area contributed by atoms with Crippen LogP contribution in [0.15, 0.2) is 23.3 Å². The lowest BCUT2D eigenvalue weighted by molar-refractivity contribution is -0.172. The van der Waals surface area contributed by atoms with Gasteiger partial charge in [0.2, 0.25) is 5.78 Å². The SMILES string of the molecule is CC[C@@H]1/C=C(\C)C[C@H](C)CC(OC)[C@H]2O[C@@](C)(C[C@@H]2OC)C(=O)[C@H](O)C(=O)N2CCCC[C@H]2C(=O)OC(/C(C)=C/C2CC[C@@H](O[Si](C)(C)C(C)(C)C)[C@H](OC)C2)[C@@H](C)C(O[Si](C)(C)C(C)(C)C)CC1=O. The minimum absolute atomic E-state index is 0.0306. The zero-order chi connectivity index (χ0) is 52.9. The number of aliphatic hydroxyl groups excluding tert-OH is 1. The zero-order valence-electron chi connectivity index (χ0n) is 47.0. The number of fused-ring (bicyclic) bond motifs is 3. The number of piperidine rings is 1. The highest BCUT2D eigenvalue weighted by Gasteiger charge is 2.55. The summed E-state index contributed by atoms with van der Waals surface area (Å²) in [5, 5.41) is 11.6. The molecule has 402 valence electrons. The number of cyclic esters (lactones) is 1. The van der Waals surface area contributed by atoms with E-state index in [2.05, 4.69) is 93.7 Å². The van der Waals surface area contributed by atoms with Gasteiger partial charge in [0.25, 0.3) is 5.91 Å². The summed E-state index contributed by atoms with van der Waals surface area (Å²) in [5.74, 6) is -2.83. The smallest absolute Gasteiger partial charge is 0.329 e. The Balaban J connectivity index is 1.85. The highest BCUT2D eigenvalue weighted by atomic mass is 28.4. The number of ketones is 2. The molecule has 1 N–H and O–H groups in total. The quantitative estimate of drug-likeness (QED) is 0.0958. The van der Waals surface area contributed by atoms with Gasteiger partial charge < -0.3 is 42.5 Å². The van der Waals surface area contributed by atoms with Crippen molar-refractivity contribution in [2.45, 2.75) is 250 Å². The van der Waals surface area contributed by atoms with Gasteiger partial charge in [-0.2, -0.15) is 0 Å². The number of aliphatic hydroxyl groups is 1. The Morgan fingerprint density at radius 3 is 1.97 bits per heavy atom. The van der Waals surface area contributed by atoms with Crippen LogP contribution in [0.4, 0.5) is 0 Å². The topological polar surface area (TPSA) is 156 Å². The maximum absolute atomic E-state index is 15.0. The van der Waals surface area contributed by atoms with E-state index in [0.29, 0.717) is 38.5 Å². The molecule has 4 rings (SSSR count). The average Bonchev–Trinajstić information content (AvgIpc) is 3.64. The maximum atomic E-state index is 15.0. The van der Waals surface area contributed by atoms with Gasteiger partial charge in [-0.25, -0.2) is 4.79 Å². The highest BCUT2D eigenvalue weighted by molar-refractivity contribution is 6.74. The molecule has 4 aliphatic rings. The van der Waals surface area contributed by atoms with E-state index in [0.717, 1.165) is 30.4 Å². The first-order chi connectivity index (χ1) is 32.3. The van der Waals surface area contributed by atoms with Gasteiger partial charge in [0.1, 0.15) is 29.6 Å². The molecule has 2 bridgehead atoms. The third kappa shape index (κ3) is 14.6. The van der Waals surface area contributed by atoms with E-state index in [1.807, 2.05) is 20.8 Å². The van der Waals surface area contributed by atoms with Crippen LogP contribution in [0.1, 0.15) is 154 Å². The van der Waals surface area contributed by atoms with Crippen molar-refractivity contribution in [1.29, 1.82) is 0 Å². The number of hydrogen-bond acceptors (Lipinski definition) is 12. The van der Waals surface area contributed by atoms with Crippen LogP contribution < -0.4 is 0 Å². The van der Waals surface area contributed by atoms with Crippen LogP contribution in [0.3, 0.4) is 0 Å². The molecule has 0 radical (unpaired) electrons. The molecule has 70 heavy (non-hydrogen) atoms. The van der Waals surface area contributed by atoms with Crippen LogP contribution in [-0.2, 0) is 51.7 Å². The van der Waals surface area contributed by atoms with Gasteiger partial charge in [0.05, 0.1) is 30.5 Å². The highest BCUT2D eigenvalue weighted by Crippen LogP contribution is 2.43. The summed E-state index contributed by atoms with van der Waals surface area (Å²) >= 11 is 0. The minimum atomic E-state index is -2.53. The van der Waals surface area contributed by atoms with E-state index >= 15 is 0 Å². The predicted octanol–water partition coefficient (Wildman–Crippen LogP) is 10.3. The van der Waals surface area contributed by atoms with Gasteiger partial charge in [0, 0.05) is 52.6 Å². The fourth-order valence-corrected chi connectivity index (χ4v) is 13.6.